The standard InChI is InChI=1S/C23H27NO4/c1-17(2)20-10-7-11-21(14-20)23(12-13-25,15-18(3)26)24-22(27)28-16-19-8-5-4-6-9-19/h4-11,13-14,17H,12,15-16H2,1-3H3,(H,24,27). The highest BCUT2D eigenvalue weighted by Crippen LogP contribution is 2.31. The molecule has 0 heterocycles. The first-order chi connectivity index (χ1) is 13.4. The molecule has 5 heteroatoms. The van der Waals surface area contributed by atoms with Gasteiger partial charge in [-0.3, -0.25) is 4.79 Å². The lowest BCUT2D eigenvalue weighted by molar-refractivity contribution is -0.119. The Morgan fingerprint density at radius 2 is 1.82 bits per heavy atom. The number of carbonyl (C=O) groups excluding carboxylic acids is 3. The maximum atomic E-state index is 12.5. The van der Waals surface area contributed by atoms with Crippen LogP contribution in [0, 0.1) is 0 Å². The van der Waals surface area contributed by atoms with Crippen LogP contribution < -0.4 is 5.32 Å². The SMILES string of the molecule is CC(=O)CC(CC=O)(NC(=O)OCc1ccccc1)c1cccc(C(C)C)c1. The van der Waals surface area contributed by atoms with Gasteiger partial charge in [-0.2, -0.15) is 0 Å². The second kappa shape index (κ2) is 9.83. The molecule has 0 aliphatic heterocycles. The van der Waals surface area contributed by atoms with E-state index in [9.17, 15) is 14.4 Å². The first-order valence-corrected chi connectivity index (χ1v) is 9.38. The van der Waals surface area contributed by atoms with Crippen molar-refractivity contribution in [1.82, 2.24) is 5.32 Å². The van der Waals surface area contributed by atoms with Crippen molar-refractivity contribution in [2.45, 2.75) is 51.7 Å². The number of nitrogens with one attached hydrogen (secondary N) is 1. The van der Waals surface area contributed by atoms with Gasteiger partial charge in [0, 0.05) is 12.8 Å². The molecule has 0 spiro atoms. The summed E-state index contributed by atoms with van der Waals surface area (Å²) < 4.78 is 5.33. The van der Waals surface area contributed by atoms with Crippen molar-refractivity contribution in [3.8, 4) is 0 Å². The minimum absolute atomic E-state index is 0.00766. The fourth-order valence-corrected chi connectivity index (χ4v) is 3.18. The third-order valence-electron chi connectivity index (χ3n) is 4.64. The van der Waals surface area contributed by atoms with Gasteiger partial charge in [0.15, 0.2) is 0 Å². The van der Waals surface area contributed by atoms with Crippen LogP contribution in [0.4, 0.5) is 4.79 Å². The van der Waals surface area contributed by atoms with Crippen molar-refractivity contribution in [2.24, 2.45) is 0 Å². The van der Waals surface area contributed by atoms with Gasteiger partial charge in [0.05, 0.1) is 5.54 Å². The second-order valence-electron chi connectivity index (χ2n) is 7.30. The number of rotatable bonds is 9. The average molecular weight is 381 g/mol. The molecule has 0 radical (unpaired) electrons. The monoisotopic (exact) mass is 381 g/mol. The van der Waals surface area contributed by atoms with Crippen LogP contribution in [-0.4, -0.2) is 18.2 Å². The Bertz CT molecular complexity index is 816. The van der Waals surface area contributed by atoms with Crippen LogP contribution in [0.25, 0.3) is 0 Å². The summed E-state index contributed by atoms with van der Waals surface area (Å²) in [6, 6.07) is 16.9. The van der Waals surface area contributed by atoms with Crippen LogP contribution in [-0.2, 0) is 26.5 Å². The van der Waals surface area contributed by atoms with Gasteiger partial charge in [-0.05, 0) is 29.5 Å². The van der Waals surface area contributed by atoms with Gasteiger partial charge in [0.2, 0.25) is 0 Å². The van der Waals surface area contributed by atoms with E-state index in [2.05, 4.69) is 19.2 Å². The second-order valence-corrected chi connectivity index (χ2v) is 7.30. The molecule has 1 atom stereocenters. The molecule has 2 aromatic carbocycles. The van der Waals surface area contributed by atoms with Crippen molar-refractivity contribution in [3.05, 3.63) is 71.3 Å². The number of alkyl carbamates (subject to hydrolysis) is 1. The maximum Gasteiger partial charge on any atom is 0.408 e. The first-order valence-electron chi connectivity index (χ1n) is 9.38. The molecule has 1 N–H and O–H groups in total. The summed E-state index contributed by atoms with van der Waals surface area (Å²) in [4.78, 5) is 36.0. The first kappa shape index (κ1) is 21.4. The van der Waals surface area contributed by atoms with E-state index in [0.29, 0.717) is 0 Å². The van der Waals surface area contributed by atoms with Gasteiger partial charge < -0.3 is 14.8 Å². The highest BCUT2D eigenvalue weighted by molar-refractivity contribution is 5.80. The molecule has 0 saturated heterocycles. The van der Waals surface area contributed by atoms with E-state index in [1.807, 2.05) is 54.6 Å². The third kappa shape index (κ3) is 5.78. The molecule has 1 amide bonds. The molecular weight excluding hydrogens is 354 g/mol. The minimum Gasteiger partial charge on any atom is -0.445 e. The molecule has 148 valence electrons. The molecule has 0 fully saturated rings. The topological polar surface area (TPSA) is 72.5 Å². The predicted molar refractivity (Wildman–Crippen MR) is 108 cm³/mol. The van der Waals surface area contributed by atoms with Crippen molar-refractivity contribution in [3.63, 3.8) is 0 Å². The normalized spacial score (nSPS) is 12.9. The van der Waals surface area contributed by atoms with Crippen molar-refractivity contribution in [1.29, 1.82) is 0 Å². The predicted octanol–water partition coefficient (Wildman–Crippen LogP) is 4.50. The number of carbonyl (C=O) groups is 3. The number of benzene rings is 2. The molecule has 1 unspecified atom stereocenters. The number of ketones is 1. The Balaban J connectivity index is 2.29. The van der Waals surface area contributed by atoms with E-state index in [1.54, 1.807) is 0 Å². The Kier molecular flexibility index (Phi) is 7.50. The zero-order chi connectivity index (χ0) is 20.6. The lowest BCUT2D eigenvalue weighted by Crippen LogP contribution is -2.47. The van der Waals surface area contributed by atoms with Crippen molar-refractivity contribution in [2.75, 3.05) is 0 Å². The number of ether oxygens (including phenoxy) is 1. The molecule has 28 heavy (non-hydrogen) atoms. The Morgan fingerprint density at radius 3 is 2.43 bits per heavy atom. The Hall–Kier alpha value is -2.95. The van der Waals surface area contributed by atoms with Gasteiger partial charge in [-0.25, -0.2) is 4.79 Å². The van der Waals surface area contributed by atoms with Gasteiger partial charge in [0.25, 0.3) is 0 Å². The molecule has 0 aliphatic rings. The van der Waals surface area contributed by atoms with E-state index in [4.69, 9.17) is 4.74 Å². The highest BCUT2D eigenvalue weighted by atomic mass is 16.5. The van der Waals surface area contributed by atoms with E-state index in [-0.39, 0.29) is 31.1 Å². The van der Waals surface area contributed by atoms with E-state index >= 15 is 0 Å². The largest absolute Gasteiger partial charge is 0.445 e. The van der Waals surface area contributed by atoms with Crippen LogP contribution in [0.1, 0.15) is 56.2 Å². The third-order valence-corrected chi connectivity index (χ3v) is 4.64. The van der Waals surface area contributed by atoms with Gasteiger partial charge in [-0.15, -0.1) is 0 Å². The molecule has 0 aromatic heterocycles. The highest BCUT2D eigenvalue weighted by Gasteiger charge is 2.36. The summed E-state index contributed by atoms with van der Waals surface area (Å²) >= 11 is 0. The number of Topliss-reactive ketones (excluding diaryl/α,β-unsaturated/α-hetero) is 1. The lowest BCUT2D eigenvalue weighted by atomic mass is 9.81. The molecule has 0 bridgehead atoms. The smallest absolute Gasteiger partial charge is 0.408 e. The van der Waals surface area contributed by atoms with E-state index < -0.39 is 11.6 Å². The van der Waals surface area contributed by atoms with E-state index in [1.165, 1.54) is 6.92 Å². The van der Waals surface area contributed by atoms with Crippen molar-refractivity contribution >= 4 is 18.2 Å². The molecule has 5 nitrogen and oxygen atoms in total. The molecular formula is C23H27NO4. The average Bonchev–Trinajstić information content (AvgIpc) is 2.67. The summed E-state index contributed by atoms with van der Waals surface area (Å²) in [5.41, 5.74) is 1.51. The number of amides is 1. The molecule has 0 saturated carbocycles. The summed E-state index contributed by atoms with van der Waals surface area (Å²) in [6.07, 6.45) is 0.0481. The quantitative estimate of drug-likeness (QED) is 0.649. The zero-order valence-corrected chi connectivity index (χ0v) is 16.6. The number of hydrogen-bond donors (Lipinski definition) is 1. The van der Waals surface area contributed by atoms with E-state index in [0.717, 1.165) is 23.0 Å². The summed E-state index contributed by atoms with van der Waals surface area (Å²) in [7, 11) is 0. The summed E-state index contributed by atoms with van der Waals surface area (Å²) in [5, 5.41) is 2.80. The minimum atomic E-state index is -1.13. The van der Waals surface area contributed by atoms with Crippen LogP contribution in [0.2, 0.25) is 0 Å². The number of hydrogen-bond acceptors (Lipinski definition) is 4. The van der Waals surface area contributed by atoms with Gasteiger partial charge in [0.1, 0.15) is 18.7 Å². The van der Waals surface area contributed by atoms with Gasteiger partial charge in [-0.1, -0.05) is 68.4 Å². The van der Waals surface area contributed by atoms with Crippen LogP contribution in [0.3, 0.4) is 0 Å². The number of aldehydes is 1. The molecule has 0 aliphatic carbocycles. The zero-order valence-electron chi connectivity index (χ0n) is 16.6. The fraction of sp³-hybridized carbons (Fsp3) is 0.348. The van der Waals surface area contributed by atoms with Crippen LogP contribution in [0.15, 0.2) is 54.6 Å². The Labute approximate surface area is 166 Å². The lowest BCUT2D eigenvalue weighted by Gasteiger charge is -2.33. The summed E-state index contributed by atoms with van der Waals surface area (Å²) in [5.74, 6) is 0.149. The van der Waals surface area contributed by atoms with Crippen molar-refractivity contribution < 1.29 is 19.1 Å². The van der Waals surface area contributed by atoms with Gasteiger partial charge >= 0.3 is 6.09 Å². The van der Waals surface area contributed by atoms with Crippen LogP contribution >= 0.6 is 0 Å². The molecule has 2 aromatic rings. The Morgan fingerprint density at radius 1 is 1.11 bits per heavy atom. The van der Waals surface area contributed by atoms with Crippen LogP contribution in [0.5, 0.6) is 0 Å². The maximum absolute atomic E-state index is 12.5. The molecule has 2 rings (SSSR count). The summed E-state index contributed by atoms with van der Waals surface area (Å²) in [6.45, 7) is 5.68. The fourth-order valence-electron chi connectivity index (χ4n) is 3.18.